The molecule has 0 radical (unpaired) electrons. The van der Waals surface area contributed by atoms with Crippen molar-refractivity contribution in [2.75, 3.05) is 18.8 Å². The Labute approximate surface area is 208 Å². The Morgan fingerprint density at radius 2 is 1.74 bits per heavy atom. The maximum atomic E-state index is 12.2. The minimum absolute atomic E-state index is 0.165. The van der Waals surface area contributed by atoms with E-state index in [4.69, 9.17) is 5.73 Å². The van der Waals surface area contributed by atoms with Crippen molar-refractivity contribution >= 4 is 11.8 Å². The number of aryl methyl sites for hydroxylation is 1. The molecule has 0 bridgehead atoms. The molecule has 0 aliphatic rings. The van der Waals surface area contributed by atoms with Gasteiger partial charge in [-0.05, 0) is 54.5 Å². The van der Waals surface area contributed by atoms with Crippen molar-refractivity contribution in [2.45, 2.75) is 51.8 Å². The quantitative estimate of drug-likeness (QED) is 0.275. The van der Waals surface area contributed by atoms with E-state index in [-0.39, 0.29) is 12.1 Å². The molecule has 35 heavy (non-hydrogen) atoms. The van der Waals surface area contributed by atoms with Crippen molar-refractivity contribution in [3.05, 3.63) is 94.7 Å². The minimum Gasteiger partial charge on any atom is -0.387 e. The number of amides is 2. The van der Waals surface area contributed by atoms with E-state index in [0.717, 1.165) is 30.4 Å². The summed E-state index contributed by atoms with van der Waals surface area (Å²) in [5.74, 6) is 0.437. The zero-order valence-electron chi connectivity index (χ0n) is 20.6. The Bertz CT molecular complexity index is 1050. The van der Waals surface area contributed by atoms with E-state index in [9.17, 15) is 9.90 Å². The topological polar surface area (TPSA) is 112 Å². The summed E-state index contributed by atoms with van der Waals surface area (Å²) in [6.45, 7) is 5.72. The fourth-order valence-corrected chi connectivity index (χ4v) is 3.84. The van der Waals surface area contributed by atoms with Crippen molar-refractivity contribution in [3.8, 4) is 0 Å². The lowest BCUT2D eigenvalue weighted by molar-refractivity contribution is 0.170. The number of aliphatic hydroxyl groups is 1. The number of benzene rings is 2. The standard InChI is InChI=1S/C28H37N5O2/c1-3-21-7-9-22(10-8-21)13-14-30-28(35)33-17-24-6-4-5-23(16-24)15-20(2)31-19-26(34)25-11-12-27(29)32-18-25/h4-12,16,18,20,26,31,34H,3,13-15,17,19H2,1-2H3,(H2,29,32)(H2,30,33,35)/t20-,26+/m1/s1. The van der Waals surface area contributed by atoms with Crippen LogP contribution in [0.4, 0.5) is 10.6 Å². The largest absolute Gasteiger partial charge is 0.387 e. The van der Waals surface area contributed by atoms with E-state index >= 15 is 0 Å². The molecule has 0 saturated heterocycles. The van der Waals surface area contributed by atoms with Gasteiger partial charge in [-0.15, -0.1) is 0 Å². The first-order valence-corrected chi connectivity index (χ1v) is 12.2. The minimum atomic E-state index is -0.643. The summed E-state index contributed by atoms with van der Waals surface area (Å²) in [4.78, 5) is 16.2. The number of nitrogen functional groups attached to an aromatic ring is 1. The summed E-state index contributed by atoms with van der Waals surface area (Å²) in [5, 5.41) is 19.6. The third-order valence-corrected chi connectivity index (χ3v) is 5.97. The highest BCUT2D eigenvalue weighted by Gasteiger charge is 2.11. The van der Waals surface area contributed by atoms with Gasteiger partial charge in [0.1, 0.15) is 5.82 Å². The molecule has 0 saturated carbocycles. The number of nitrogens with one attached hydrogen (secondary N) is 3. The van der Waals surface area contributed by atoms with Gasteiger partial charge in [0.2, 0.25) is 0 Å². The van der Waals surface area contributed by atoms with Crippen LogP contribution >= 0.6 is 0 Å². The highest BCUT2D eigenvalue weighted by Crippen LogP contribution is 2.13. The molecule has 1 aromatic heterocycles. The van der Waals surface area contributed by atoms with E-state index in [1.165, 1.54) is 16.7 Å². The average Bonchev–Trinajstić information content (AvgIpc) is 2.87. The number of nitrogens with zero attached hydrogens (tertiary/aromatic N) is 1. The predicted molar refractivity (Wildman–Crippen MR) is 141 cm³/mol. The first kappa shape index (κ1) is 26.2. The highest BCUT2D eigenvalue weighted by atomic mass is 16.3. The molecule has 2 aromatic carbocycles. The second kappa shape index (κ2) is 13.5. The van der Waals surface area contributed by atoms with Gasteiger partial charge < -0.3 is 26.8 Å². The molecule has 7 heteroatoms. The van der Waals surface area contributed by atoms with Gasteiger partial charge in [0, 0.05) is 37.4 Å². The normalized spacial score (nSPS) is 12.7. The zero-order valence-corrected chi connectivity index (χ0v) is 20.6. The van der Waals surface area contributed by atoms with Crippen LogP contribution in [0.3, 0.4) is 0 Å². The molecular weight excluding hydrogens is 438 g/mol. The van der Waals surface area contributed by atoms with Crippen molar-refractivity contribution in [2.24, 2.45) is 0 Å². The number of pyridine rings is 1. The molecule has 0 unspecified atom stereocenters. The predicted octanol–water partition coefficient (Wildman–Crippen LogP) is 3.52. The third-order valence-electron chi connectivity index (χ3n) is 5.97. The third kappa shape index (κ3) is 9.03. The second-order valence-electron chi connectivity index (χ2n) is 8.90. The van der Waals surface area contributed by atoms with E-state index < -0.39 is 6.10 Å². The van der Waals surface area contributed by atoms with Crippen LogP contribution in [0, 0.1) is 0 Å². The zero-order chi connectivity index (χ0) is 25.0. The molecule has 0 aliphatic heterocycles. The molecule has 3 rings (SSSR count). The number of aromatic nitrogens is 1. The van der Waals surface area contributed by atoms with Gasteiger partial charge in [-0.2, -0.15) is 0 Å². The van der Waals surface area contributed by atoms with Crippen LogP contribution in [0.25, 0.3) is 0 Å². The van der Waals surface area contributed by atoms with Crippen LogP contribution < -0.4 is 21.7 Å². The van der Waals surface area contributed by atoms with Gasteiger partial charge in [-0.1, -0.05) is 61.5 Å². The Morgan fingerprint density at radius 3 is 2.46 bits per heavy atom. The molecule has 2 atom stereocenters. The molecule has 0 aliphatic carbocycles. The summed E-state index contributed by atoms with van der Waals surface area (Å²) in [6, 6.07) is 20.2. The first-order valence-electron chi connectivity index (χ1n) is 12.2. The molecule has 7 nitrogen and oxygen atoms in total. The highest BCUT2D eigenvalue weighted by molar-refractivity contribution is 5.73. The number of hydrogen-bond acceptors (Lipinski definition) is 5. The molecule has 0 spiro atoms. The Morgan fingerprint density at radius 1 is 1.00 bits per heavy atom. The Kier molecular flexibility index (Phi) is 10.1. The number of carbonyl (C=O) groups is 1. The molecule has 186 valence electrons. The summed E-state index contributed by atoms with van der Waals surface area (Å²) in [5.41, 5.74) is 11.1. The summed E-state index contributed by atoms with van der Waals surface area (Å²) in [6.07, 6.45) is 3.60. The molecule has 0 fully saturated rings. The van der Waals surface area contributed by atoms with Crippen LogP contribution in [0.5, 0.6) is 0 Å². The van der Waals surface area contributed by atoms with Crippen LogP contribution in [0.1, 0.15) is 47.8 Å². The maximum Gasteiger partial charge on any atom is 0.315 e. The lowest BCUT2D eigenvalue weighted by Gasteiger charge is -2.18. The van der Waals surface area contributed by atoms with Crippen LogP contribution in [0.15, 0.2) is 66.9 Å². The number of nitrogens with two attached hydrogens (primary N) is 1. The molecule has 2 amide bonds. The number of urea groups is 1. The first-order chi connectivity index (χ1) is 16.9. The van der Waals surface area contributed by atoms with E-state index in [2.05, 4.69) is 71.2 Å². The monoisotopic (exact) mass is 475 g/mol. The number of hydrogen-bond donors (Lipinski definition) is 5. The average molecular weight is 476 g/mol. The molecular formula is C28H37N5O2. The van der Waals surface area contributed by atoms with E-state index in [1.807, 2.05) is 12.1 Å². The Balaban J connectivity index is 1.37. The van der Waals surface area contributed by atoms with Crippen LogP contribution in [-0.2, 0) is 25.8 Å². The van der Waals surface area contributed by atoms with Crippen LogP contribution in [-0.4, -0.2) is 35.3 Å². The second-order valence-corrected chi connectivity index (χ2v) is 8.90. The number of carbonyl (C=O) groups excluding carboxylic acids is 1. The van der Waals surface area contributed by atoms with Gasteiger partial charge >= 0.3 is 6.03 Å². The van der Waals surface area contributed by atoms with E-state index in [1.54, 1.807) is 18.3 Å². The lowest BCUT2D eigenvalue weighted by atomic mass is 10.0. The fourth-order valence-electron chi connectivity index (χ4n) is 3.84. The Hall–Kier alpha value is -3.42. The summed E-state index contributed by atoms with van der Waals surface area (Å²) >= 11 is 0. The number of rotatable bonds is 12. The molecule has 3 aromatic rings. The summed E-state index contributed by atoms with van der Waals surface area (Å²) < 4.78 is 0. The van der Waals surface area contributed by atoms with Crippen molar-refractivity contribution in [1.82, 2.24) is 20.9 Å². The van der Waals surface area contributed by atoms with Gasteiger partial charge in [0.25, 0.3) is 0 Å². The summed E-state index contributed by atoms with van der Waals surface area (Å²) in [7, 11) is 0. The van der Waals surface area contributed by atoms with Crippen LogP contribution in [0.2, 0.25) is 0 Å². The van der Waals surface area contributed by atoms with Gasteiger partial charge in [-0.25, -0.2) is 9.78 Å². The number of anilines is 1. The van der Waals surface area contributed by atoms with Gasteiger partial charge in [0.05, 0.1) is 6.10 Å². The SMILES string of the molecule is CCc1ccc(CCNC(=O)NCc2cccc(C[C@@H](C)NC[C@H](O)c3ccc(N)nc3)c2)cc1. The molecule has 1 heterocycles. The van der Waals surface area contributed by atoms with Gasteiger partial charge in [0.15, 0.2) is 0 Å². The number of aliphatic hydroxyl groups excluding tert-OH is 1. The van der Waals surface area contributed by atoms with Gasteiger partial charge in [-0.3, -0.25) is 0 Å². The van der Waals surface area contributed by atoms with E-state index in [0.29, 0.717) is 25.5 Å². The van der Waals surface area contributed by atoms with Crippen molar-refractivity contribution in [3.63, 3.8) is 0 Å². The smallest absolute Gasteiger partial charge is 0.315 e. The van der Waals surface area contributed by atoms with Crippen molar-refractivity contribution < 1.29 is 9.90 Å². The molecule has 6 N–H and O–H groups in total. The lowest BCUT2D eigenvalue weighted by Crippen LogP contribution is -2.36. The maximum absolute atomic E-state index is 12.2. The van der Waals surface area contributed by atoms with Crippen molar-refractivity contribution in [1.29, 1.82) is 0 Å². The fraction of sp³-hybridized carbons (Fsp3) is 0.357.